The summed E-state index contributed by atoms with van der Waals surface area (Å²) in [4.78, 5) is 4.03. The van der Waals surface area contributed by atoms with E-state index in [4.69, 9.17) is 4.74 Å². The minimum absolute atomic E-state index is 0.258. The largest absolute Gasteiger partial charge is 0.379 e. The first-order chi connectivity index (χ1) is 8.28. The van der Waals surface area contributed by atoms with Gasteiger partial charge in [0.25, 0.3) is 0 Å². The number of piperazine rings is 1. The van der Waals surface area contributed by atoms with E-state index < -0.39 is 0 Å². The van der Waals surface area contributed by atoms with Gasteiger partial charge in [0.05, 0.1) is 22.4 Å². The summed E-state index contributed by atoms with van der Waals surface area (Å²) < 4.78 is 6.71. The highest BCUT2D eigenvalue weighted by molar-refractivity contribution is 9.11. The number of rotatable bonds is 3. The van der Waals surface area contributed by atoms with Crippen molar-refractivity contribution in [2.45, 2.75) is 5.41 Å². The molecule has 17 heavy (non-hydrogen) atoms. The van der Waals surface area contributed by atoms with Gasteiger partial charge in [-0.3, -0.25) is 4.90 Å². The maximum Gasteiger partial charge on any atom is 0.0701 e. The quantitative estimate of drug-likeness (QED) is 0.918. The number of hydrogen-bond donors (Lipinski definition) is 1. The number of halogens is 1. The van der Waals surface area contributed by atoms with Crippen LogP contribution in [0.2, 0.25) is 0 Å². The molecular formula is C12H17BrN2OS. The molecular weight excluding hydrogens is 300 g/mol. The van der Waals surface area contributed by atoms with Crippen LogP contribution in [0.5, 0.6) is 0 Å². The molecule has 0 amide bonds. The second-order valence-corrected chi connectivity index (χ2v) is 7.37. The second kappa shape index (κ2) is 4.97. The van der Waals surface area contributed by atoms with E-state index in [1.165, 1.54) is 8.66 Å². The highest BCUT2D eigenvalue weighted by atomic mass is 79.9. The molecule has 2 aliphatic rings. The highest BCUT2D eigenvalue weighted by Gasteiger charge is 2.43. The molecule has 0 unspecified atom stereocenters. The Morgan fingerprint density at radius 1 is 1.35 bits per heavy atom. The van der Waals surface area contributed by atoms with Crippen LogP contribution in [0.3, 0.4) is 0 Å². The Balaban J connectivity index is 1.73. The van der Waals surface area contributed by atoms with Crippen molar-refractivity contribution in [3.63, 3.8) is 0 Å². The van der Waals surface area contributed by atoms with Crippen molar-refractivity contribution in [3.05, 3.63) is 20.8 Å². The third-order valence-corrected chi connectivity index (χ3v) is 5.46. The summed E-state index contributed by atoms with van der Waals surface area (Å²) in [6.45, 7) is 7.45. The van der Waals surface area contributed by atoms with Crippen molar-refractivity contribution in [1.82, 2.24) is 10.2 Å². The van der Waals surface area contributed by atoms with E-state index in [0.29, 0.717) is 0 Å². The monoisotopic (exact) mass is 316 g/mol. The van der Waals surface area contributed by atoms with Crippen molar-refractivity contribution in [3.8, 4) is 0 Å². The fourth-order valence-corrected chi connectivity index (χ4v) is 4.09. The molecule has 1 aromatic rings. The molecule has 2 fully saturated rings. The number of ether oxygens (including phenoxy) is 1. The van der Waals surface area contributed by atoms with Crippen molar-refractivity contribution < 1.29 is 4.74 Å². The minimum Gasteiger partial charge on any atom is -0.379 e. The summed E-state index contributed by atoms with van der Waals surface area (Å²) in [6, 6.07) is 4.40. The number of nitrogens with zero attached hydrogens (tertiary/aromatic N) is 1. The van der Waals surface area contributed by atoms with Gasteiger partial charge >= 0.3 is 0 Å². The lowest BCUT2D eigenvalue weighted by atomic mass is 9.83. The normalized spacial score (nSPS) is 24.5. The third kappa shape index (κ3) is 2.44. The molecule has 0 atom stereocenters. The average Bonchev–Trinajstić information content (AvgIpc) is 2.72. The molecule has 0 bridgehead atoms. The van der Waals surface area contributed by atoms with Crippen LogP contribution >= 0.6 is 27.3 Å². The van der Waals surface area contributed by atoms with Crippen LogP contribution in [0.1, 0.15) is 4.88 Å². The smallest absolute Gasteiger partial charge is 0.0701 e. The Bertz CT molecular complexity index is 386. The molecule has 0 aliphatic carbocycles. The number of thiophene rings is 1. The zero-order valence-corrected chi connectivity index (χ0v) is 12.1. The second-order valence-electron chi connectivity index (χ2n) is 4.90. The Morgan fingerprint density at radius 2 is 2.12 bits per heavy atom. The Kier molecular flexibility index (Phi) is 3.54. The van der Waals surface area contributed by atoms with E-state index in [1.54, 1.807) is 0 Å². The first-order valence-electron chi connectivity index (χ1n) is 6.05. The first kappa shape index (κ1) is 12.1. The van der Waals surface area contributed by atoms with Crippen LogP contribution in [0.4, 0.5) is 0 Å². The van der Waals surface area contributed by atoms with Gasteiger partial charge in [0.2, 0.25) is 0 Å². The molecule has 0 saturated carbocycles. The maximum absolute atomic E-state index is 5.49. The van der Waals surface area contributed by atoms with Gasteiger partial charge in [-0.2, -0.15) is 0 Å². The fourth-order valence-electron chi connectivity index (χ4n) is 2.56. The van der Waals surface area contributed by atoms with Crippen molar-refractivity contribution >= 4 is 27.3 Å². The number of nitrogens with one attached hydrogen (secondary N) is 1. The van der Waals surface area contributed by atoms with Crippen LogP contribution in [-0.2, 0) is 10.2 Å². The molecule has 0 aromatic carbocycles. The summed E-state index contributed by atoms with van der Waals surface area (Å²) in [5, 5.41) is 3.40. The Hall–Kier alpha value is 0.0600. The average molecular weight is 317 g/mol. The fraction of sp³-hybridized carbons (Fsp3) is 0.667. The van der Waals surface area contributed by atoms with Crippen molar-refractivity contribution in [2.75, 3.05) is 45.9 Å². The van der Waals surface area contributed by atoms with E-state index in [1.807, 2.05) is 11.3 Å². The van der Waals surface area contributed by atoms with E-state index >= 15 is 0 Å². The van der Waals surface area contributed by atoms with Gasteiger partial charge in [-0.25, -0.2) is 0 Å². The molecule has 3 rings (SSSR count). The predicted molar refractivity (Wildman–Crippen MR) is 73.8 cm³/mol. The van der Waals surface area contributed by atoms with Gasteiger partial charge in [0.15, 0.2) is 0 Å². The molecule has 3 nitrogen and oxygen atoms in total. The van der Waals surface area contributed by atoms with Crippen LogP contribution in [-0.4, -0.2) is 50.8 Å². The standard InChI is InChI=1S/C12H17BrN2OS/c13-11-2-1-10(17-11)12(8-16-9-12)7-15-5-3-14-4-6-15/h1-2,14H,3-9H2. The summed E-state index contributed by atoms with van der Waals surface area (Å²) in [5.41, 5.74) is 0.258. The molecule has 1 N–H and O–H groups in total. The van der Waals surface area contributed by atoms with Crippen LogP contribution in [0, 0.1) is 0 Å². The van der Waals surface area contributed by atoms with Gasteiger partial charge in [0, 0.05) is 37.6 Å². The Morgan fingerprint density at radius 3 is 2.65 bits per heavy atom. The van der Waals surface area contributed by atoms with E-state index in [9.17, 15) is 0 Å². The van der Waals surface area contributed by atoms with Crippen molar-refractivity contribution in [1.29, 1.82) is 0 Å². The lowest BCUT2D eigenvalue weighted by Crippen LogP contribution is -2.57. The molecule has 0 spiro atoms. The summed E-state index contributed by atoms with van der Waals surface area (Å²) in [7, 11) is 0. The SMILES string of the molecule is Brc1ccc(C2(CN3CCNCC3)COC2)s1. The molecule has 1 aromatic heterocycles. The van der Waals surface area contributed by atoms with Gasteiger partial charge < -0.3 is 10.1 Å². The lowest BCUT2D eigenvalue weighted by Gasteiger charge is -2.45. The van der Waals surface area contributed by atoms with Gasteiger partial charge in [-0.05, 0) is 28.1 Å². The molecule has 94 valence electrons. The number of hydrogen-bond acceptors (Lipinski definition) is 4. The van der Waals surface area contributed by atoms with Gasteiger partial charge in [-0.15, -0.1) is 11.3 Å². The third-order valence-electron chi connectivity index (χ3n) is 3.59. The summed E-state index contributed by atoms with van der Waals surface area (Å²) >= 11 is 5.41. The van der Waals surface area contributed by atoms with Crippen LogP contribution in [0.15, 0.2) is 15.9 Å². The molecule has 2 saturated heterocycles. The highest BCUT2D eigenvalue weighted by Crippen LogP contribution is 2.39. The van der Waals surface area contributed by atoms with Crippen LogP contribution in [0.25, 0.3) is 0 Å². The molecule has 3 heterocycles. The van der Waals surface area contributed by atoms with E-state index in [0.717, 1.165) is 45.9 Å². The van der Waals surface area contributed by atoms with E-state index in [-0.39, 0.29) is 5.41 Å². The van der Waals surface area contributed by atoms with Gasteiger partial charge in [-0.1, -0.05) is 0 Å². The van der Waals surface area contributed by atoms with Gasteiger partial charge in [0.1, 0.15) is 0 Å². The van der Waals surface area contributed by atoms with E-state index in [2.05, 4.69) is 38.3 Å². The maximum atomic E-state index is 5.49. The zero-order valence-electron chi connectivity index (χ0n) is 9.75. The zero-order chi connectivity index (χ0) is 11.7. The van der Waals surface area contributed by atoms with Crippen LogP contribution < -0.4 is 5.32 Å². The summed E-state index contributed by atoms with van der Waals surface area (Å²) in [5.74, 6) is 0. The predicted octanol–water partition coefficient (Wildman–Crippen LogP) is 1.68. The lowest BCUT2D eigenvalue weighted by molar-refractivity contribution is -0.0738. The summed E-state index contributed by atoms with van der Waals surface area (Å²) in [6.07, 6.45) is 0. The Labute approximate surface area is 114 Å². The molecule has 0 radical (unpaired) electrons. The van der Waals surface area contributed by atoms with Crippen molar-refractivity contribution in [2.24, 2.45) is 0 Å². The minimum atomic E-state index is 0.258. The molecule has 2 aliphatic heterocycles. The first-order valence-corrected chi connectivity index (χ1v) is 7.66. The topological polar surface area (TPSA) is 24.5 Å². The molecule has 5 heteroatoms.